The lowest BCUT2D eigenvalue weighted by Crippen LogP contribution is -2.49. The number of benzene rings is 2. The van der Waals surface area contributed by atoms with Crippen molar-refractivity contribution in [2.45, 2.75) is 46.7 Å². The molecule has 0 unspecified atom stereocenters. The van der Waals surface area contributed by atoms with Crippen molar-refractivity contribution >= 4 is 21.6 Å². The molecule has 2 aromatic carbocycles. The standard InChI is InChI=1S/C22H30N2O4S/c1-6-21(22(25)23-15-18-9-8-10-20(14-18)28-7-2)24(29(5,26)27)19-12-16(3)11-17(4)13-19/h8-14,21H,6-7,15H2,1-5H3,(H,23,25)/t21-/m1/s1. The maximum absolute atomic E-state index is 12.9. The number of amides is 1. The summed E-state index contributed by atoms with van der Waals surface area (Å²) in [5.74, 6) is 0.401. The van der Waals surface area contributed by atoms with E-state index in [1.54, 1.807) is 19.1 Å². The van der Waals surface area contributed by atoms with Gasteiger partial charge in [0, 0.05) is 6.54 Å². The third kappa shape index (κ3) is 6.22. The van der Waals surface area contributed by atoms with Crippen LogP contribution < -0.4 is 14.4 Å². The number of carbonyl (C=O) groups excluding carboxylic acids is 1. The fourth-order valence-corrected chi connectivity index (χ4v) is 4.55. The van der Waals surface area contributed by atoms with Gasteiger partial charge in [-0.1, -0.05) is 25.1 Å². The van der Waals surface area contributed by atoms with Crippen molar-refractivity contribution in [2.24, 2.45) is 0 Å². The summed E-state index contributed by atoms with van der Waals surface area (Å²) in [5, 5.41) is 2.87. The molecule has 0 saturated heterocycles. The van der Waals surface area contributed by atoms with Crippen molar-refractivity contribution in [1.82, 2.24) is 5.32 Å². The fourth-order valence-electron chi connectivity index (χ4n) is 3.36. The van der Waals surface area contributed by atoms with Crippen molar-refractivity contribution in [2.75, 3.05) is 17.2 Å². The molecule has 0 aromatic heterocycles. The van der Waals surface area contributed by atoms with Crippen LogP contribution >= 0.6 is 0 Å². The van der Waals surface area contributed by atoms with E-state index in [-0.39, 0.29) is 5.91 Å². The Bertz CT molecular complexity index is 937. The van der Waals surface area contributed by atoms with Gasteiger partial charge in [-0.05, 0) is 68.1 Å². The van der Waals surface area contributed by atoms with Crippen LogP contribution in [0.4, 0.5) is 5.69 Å². The van der Waals surface area contributed by atoms with Crippen molar-refractivity contribution in [3.8, 4) is 5.75 Å². The minimum absolute atomic E-state index is 0.292. The van der Waals surface area contributed by atoms with Crippen LogP contribution in [-0.2, 0) is 21.4 Å². The summed E-state index contributed by atoms with van der Waals surface area (Å²) in [6.45, 7) is 8.38. The number of hydrogen-bond donors (Lipinski definition) is 1. The van der Waals surface area contributed by atoms with Gasteiger partial charge < -0.3 is 10.1 Å². The molecule has 1 N–H and O–H groups in total. The lowest BCUT2D eigenvalue weighted by Gasteiger charge is -2.30. The lowest BCUT2D eigenvalue weighted by molar-refractivity contribution is -0.122. The SMILES string of the molecule is CCOc1cccc(CNC(=O)[C@@H](CC)N(c2cc(C)cc(C)c2)S(C)(=O)=O)c1. The molecule has 0 aliphatic heterocycles. The van der Waals surface area contributed by atoms with Crippen molar-refractivity contribution < 1.29 is 17.9 Å². The maximum Gasteiger partial charge on any atom is 0.244 e. The average Bonchev–Trinajstić information content (AvgIpc) is 2.62. The first-order chi connectivity index (χ1) is 13.7. The molecular formula is C22H30N2O4S. The van der Waals surface area contributed by atoms with E-state index in [0.717, 1.165) is 28.7 Å². The van der Waals surface area contributed by atoms with E-state index in [9.17, 15) is 13.2 Å². The Kier molecular flexibility index (Phi) is 7.67. The van der Waals surface area contributed by atoms with E-state index in [1.165, 1.54) is 4.31 Å². The Labute approximate surface area is 173 Å². The summed E-state index contributed by atoms with van der Waals surface area (Å²) in [6.07, 6.45) is 1.48. The van der Waals surface area contributed by atoms with Gasteiger partial charge in [0.1, 0.15) is 11.8 Å². The van der Waals surface area contributed by atoms with Gasteiger partial charge in [-0.15, -0.1) is 0 Å². The van der Waals surface area contributed by atoms with Crippen LogP contribution in [0.15, 0.2) is 42.5 Å². The molecule has 1 amide bonds. The molecule has 158 valence electrons. The second-order valence-electron chi connectivity index (χ2n) is 7.13. The smallest absolute Gasteiger partial charge is 0.244 e. The van der Waals surface area contributed by atoms with Crippen LogP contribution in [0.25, 0.3) is 0 Å². The first-order valence-electron chi connectivity index (χ1n) is 9.72. The van der Waals surface area contributed by atoms with E-state index in [0.29, 0.717) is 25.3 Å². The molecule has 0 saturated carbocycles. The third-order valence-electron chi connectivity index (χ3n) is 4.47. The van der Waals surface area contributed by atoms with E-state index in [4.69, 9.17) is 4.74 Å². The number of nitrogens with one attached hydrogen (secondary N) is 1. The molecular weight excluding hydrogens is 388 g/mol. The van der Waals surface area contributed by atoms with Crippen LogP contribution in [0.5, 0.6) is 5.75 Å². The molecule has 0 aliphatic carbocycles. The van der Waals surface area contributed by atoms with Crippen LogP contribution in [0, 0.1) is 13.8 Å². The maximum atomic E-state index is 12.9. The highest BCUT2D eigenvalue weighted by atomic mass is 32.2. The van der Waals surface area contributed by atoms with Gasteiger partial charge in [-0.25, -0.2) is 8.42 Å². The Morgan fingerprint density at radius 1 is 1.10 bits per heavy atom. The summed E-state index contributed by atoms with van der Waals surface area (Å²) in [5.41, 5.74) is 3.27. The van der Waals surface area contributed by atoms with Gasteiger partial charge in [-0.2, -0.15) is 0 Å². The Balaban J connectivity index is 2.25. The predicted octanol–water partition coefficient (Wildman–Crippen LogP) is 3.56. The number of carbonyl (C=O) groups is 1. The van der Waals surface area contributed by atoms with Gasteiger partial charge in [0.25, 0.3) is 0 Å². The zero-order valence-electron chi connectivity index (χ0n) is 17.7. The monoisotopic (exact) mass is 418 g/mol. The van der Waals surface area contributed by atoms with Crippen LogP contribution in [0.3, 0.4) is 0 Å². The van der Waals surface area contributed by atoms with Gasteiger partial charge in [0.2, 0.25) is 15.9 Å². The zero-order chi connectivity index (χ0) is 21.6. The first kappa shape index (κ1) is 22.7. The molecule has 0 heterocycles. The van der Waals surface area contributed by atoms with E-state index >= 15 is 0 Å². The normalized spacial score (nSPS) is 12.3. The van der Waals surface area contributed by atoms with Crippen LogP contribution in [-0.4, -0.2) is 33.2 Å². The molecule has 6 nitrogen and oxygen atoms in total. The number of rotatable bonds is 9. The third-order valence-corrected chi connectivity index (χ3v) is 5.65. The highest BCUT2D eigenvalue weighted by Crippen LogP contribution is 2.25. The molecule has 0 aliphatic rings. The number of hydrogen-bond acceptors (Lipinski definition) is 4. The van der Waals surface area contributed by atoms with Crippen molar-refractivity contribution in [1.29, 1.82) is 0 Å². The molecule has 2 rings (SSSR count). The van der Waals surface area contributed by atoms with E-state index in [2.05, 4.69) is 5.32 Å². The largest absolute Gasteiger partial charge is 0.494 e. The summed E-state index contributed by atoms with van der Waals surface area (Å²) >= 11 is 0. The average molecular weight is 419 g/mol. The van der Waals surface area contributed by atoms with Gasteiger partial charge in [0.15, 0.2) is 0 Å². The molecule has 0 spiro atoms. The van der Waals surface area contributed by atoms with Gasteiger partial charge in [0.05, 0.1) is 18.6 Å². The highest BCUT2D eigenvalue weighted by molar-refractivity contribution is 7.92. The van der Waals surface area contributed by atoms with E-state index < -0.39 is 16.1 Å². The highest BCUT2D eigenvalue weighted by Gasteiger charge is 2.31. The van der Waals surface area contributed by atoms with E-state index in [1.807, 2.05) is 51.1 Å². The van der Waals surface area contributed by atoms with Crippen LogP contribution in [0.1, 0.15) is 37.0 Å². The summed E-state index contributed by atoms with van der Waals surface area (Å²) < 4.78 is 31.9. The van der Waals surface area contributed by atoms with Gasteiger partial charge >= 0.3 is 0 Å². The summed E-state index contributed by atoms with van der Waals surface area (Å²) in [4.78, 5) is 12.9. The minimum Gasteiger partial charge on any atom is -0.494 e. The second kappa shape index (κ2) is 9.78. The fraction of sp³-hybridized carbons (Fsp3) is 0.409. The lowest BCUT2D eigenvalue weighted by atomic mass is 10.1. The molecule has 0 bridgehead atoms. The summed E-state index contributed by atoms with van der Waals surface area (Å²) in [6, 6.07) is 12.2. The number of sulfonamides is 1. The predicted molar refractivity (Wildman–Crippen MR) is 117 cm³/mol. The zero-order valence-corrected chi connectivity index (χ0v) is 18.5. The number of ether oxygens (including phenoxy) is 1. The topological polar surface area (TPSA) is 75.7 Å². The Morgan fingerprint density at radius 3 is 2.31 bits per heavy atom. The first-order valence-corrected chi connectivity index (χ1v) is 11.6. The van der Waals surface area contributed by atoms with Crippen LogP contribution in [0.2, 0.25) is 0 Å². The summed E-state index contributed by atoms with van der Waals surface area (Å²) in [7, 11) is -3.65. The Morgan fingerprint density at radius 2 is 1.76 bits per heavy atom. The number of nitrogens with zero attached hydrogens (tertiary/aromatic N) is 1. The minimum atomic E-state index is -3.65. The molecule has 0 radical (unpaired) electrons. The molecule has 29 heavy (non-hydrogen) atoms. The molecule has 7 heteroatoms. The van der Waals surface area contributed by atoms with Crippen molar-refractivity contribution in [3.05, 3.63) is 59.2 Å². The molecule has 1 atom stereocenters. The second-order valence-corrected chi connectivity index (χ2v) is 8.99. The quantitative estimate of drug-likeness (QED) is 0.676. The Hall–Kier alpha value is -2.54. The number of anilines is 1. The molecule has 0 fully saturated rings. The van der Waals surface area contributed by atoms with Gasteiger partial charge in [-0.3, -0.25) is 9.10 Å². The molecule has 2 aromatic rings. The van der Waals surface area contributed by atoms with Crippen molar-refractivity contribution in [3.63, 3.8) is 0 Å². The number of aryl methyl sites for hydroxylation is 2.